The minimum absolute atomic E-state index is 0.0467. The molecule has 1 heterocycles. The van der Waals surface area contributed by atoms with Crippen LogP contribution < -0.4 is 4.57 Å². The number of unbranched alkanes of at least 4 members (excludes halogenated alkanes) is 9. The molecule has 0 atom stereocenters. The highest BCUT2D eigenvalue weighted by Gasteiger charge is 2.06. The van der Waals surface area contributed by atoms with Crippen molar-refractivity contribution in [3.63, 3.8) is 0 Å². The van der Waals surface area contributed by atoms with Crippen LogP contribution in [0.5, 0.6) is 0 Å². The number of carboxylic acids is 1. The summed E-state index contributed by atoms with van der Waals surface area (Å²) >= 11 is 0. The Hall–Kier alpha value is -2.12. The smallest absolute Gasteiger partial charge is 0.346 e. The number of aromatic nitrogens is 2. The van der Waals surface area contributed by atoms with Gasteiger partial charge < -0.3 is 20.4 Å². The van der Waals surface area contributed by atoms with Crippen molar-refractivity contribution >= 4 is 5.97 Å². The molecule has 0 aliphatic rings. The van der Waals surface area contributed by atoms with Crippen LogP contribution in [0.25, 0.3) is 0 Å². The van der Waals surface area contributed by atoms with E-state index in [1.807, 2.05) is 18.7 Å². The third-order valence-electron chi connectivity index (χ3n) is 3.83. The molecule has 1 N–H and O–H groups in total. The third-order valence-corrected chi connectivity index (χ3v) is 3.83. The summed E-state index contributed by atoms with van der Waals surface area (Å²) in [5, 5.41) is 23.5. The van der Waals surface area contributed by atoms with E-state index in [4.69, 9.17) is 20.4 Å². The summed E-state index contributed by atoms with van der Waals surface area (Å²) in [7, 11) is 0. The van der Waals surface area contributed by atoms with Crippen LogP contribution in [-0.2, 0) is 17.9 Å². The number of aliphatic carboxylic acids is 1. The average molecular weight is 357 g/mol. The summed E-state index contributed by atoms with van der Waals surface area (Å²) in [4.78, 5) is 18.8. The van der Waals surface area contributed by atoms with Gasteiger partial charge in [0.1, 0.15) is 12.4 Å². The molecule has 0 saturated heterocycles. The minimum atomic E-state index is -1.75. The second-order valence-electron chi connectivity index (χ2n) is 6.12. The van der Waals surface area contributed by atoms with Crippen LogP contribution in [0.1, 0.15) is 71.1 Å². The van der Waals surface area contributed by atoms with Crippen LogP contribution >= 0.6 is 0 Å². The lowest BCUT2D eigenvalue weighted by atomic mass is 10.1. The van der Waals surface area contributed by atoms with E-state index in [1.54, 1.807) is 4.57 Å². The summed E-state index contributed by atoms with van der Waals surface area (Å²) in [6.45, 7) is 3.29. The van der Waals surface area contributed by atoms with Crippen molar-refractivity contribution < 1.29 is 19.6 Å². The van der Waals surface area contributed by atoms with E-state index in [9.17, 15) is 4.79 Å². The van der Waals surface area contributed by atoms with E-state index < -0.39 is 11.1 Å². The van der Waals surface area contributed by atoms with Gasteiger partial charge in [-0.3, -0.25) is 0 Å². The van der Waals surface area contributed by atoms with Gasteiger partial charge in [0.2, 0.25) is 6.33 Å². The molecule has 0 radical (unpaired) electrons. The number of carbonyl (C=O) groups is 1. The molecule has 25 heavy (non-hydrogen) atoms. The molecule has 0 aliphatic heterocycles. The molecule has 1 aromatic rings. The number of rotatable bonds is 13. The first kappa shape index (κ1) is 22.9. The molecule has 1 rings (SSSR count). The van der Waals surface area contributed by atoms with Gasteiger partial charge >= 0.3 is 5.97 Å². The first-order chi connectivity index (χ1) is 12.0. The van der Waals surface area contributed by atoms with Crippen molar-refractivity contribution in [2.75, 3.05) is 0 Å². The van der Waals surface area contributed by atoms with E-state index in [0.717, 1.165) is 6.54 Å². The highest BCUT2D eigenvalue weighted by atomic mass is 16.9. The Kier molecular flexibility index (Phi) is 14.1. The zero-order valence-electron chi connectivity index (χ0n) is 15.1. The quantitative estimate of drug-likeness (QED) is 0.251. The molecule has 0 aliphatic carbocycles. The van der Waals surface area contributed by atoms with E-state index in [1.165, 1.54) is 64.2 Å². The number of nitrogens with zero attached hydrogens (tertiary/aromatic N) is 3. The van der Waals surface area contributed by atoms with Crippen LogP contribution in [-0.4, -0.2) is 20.7 Å². The van der Waals surface area contributed by atoms with Gasteiger partial charge in [-0.15, -0.1) is 0 Å². The van der Waals surface area contributed by atoms with Crippen molar-refractivity contribution in [1.29, 1.82) is 0 Å². The highest BCUT2D eigenvalue weighted by molar-refractivity contribution is 5.64. The fourth-order valence-electron chi connectivity index (χ4n) is 2.60. The summed E-state index contributed by atoms with van der Waals surface area (Å²) < 4.78 is 3.78. The maximum Gasteiger partial charge on any atom is 0.346 e. The third kappa shape index (κ3) is 16.5. The van der Waals surface area contributed by atoms with E-state index >= 15 is 0 Å². The van der Waals surface area contributed by atoms with Gasteiger partial charge in [-0.05, 0) is 12.8 Å². The lowest BCUT2D eigenvalue weighted by Gasteiger charge is -2.01. The zero-order valence-corrected chi connectivity index (χ0v) is 15.1. The van der Waals surface area contributed by atoms with Crippen LogP contribution in [0.15, 0.2) is 18.7 Å². The molecular weight excluding hydrogens is 326 g/mol. The molecule has 0 spiro atoms. The standard InChI is InChI=1S/C17H30N2O2.NO3/c1-2-3-4-5-6-7-8-9-10-11-12-18-13-14-19(16-18)15-17(20)21;2-1(3)4/h13-14,16H,2-12,15H2,1H3;/q;-1/p+1. The molecule has 8 nitrogen and oxygen atoms in total. The predicted molar refractivity (Wildman–Crippen MR) is 94.5 cm³/mol. The number of imidazole rings is 1. The van der Waals surface area contributed by atoms with Crippen LogP contribution in [0, 0.1) is 15.3 Å². The van der Waals surface area contributed by atoms with Gasteiger partial charge in [0, 0.05) is 0 Å². The van der Waals surface area contributed by atoms with Gasteiger partial charge in [0.05, 0.1) is 11.6 Å². The van der Waals surface area contributed by atoms with Gasteiger partial charge in [0.25, 0.3) is 0 Å². The molecule has 0 bridgehead atoms. The molecule has 0 aromatic carbocycles. The summed E-state index contributed by atoms with van der Waals surface area (Å²) in [6, 6.07) is 0. The van der Waals surface area contributed by atoms with Gasteiger partial charge in [-0.2, -0.15) is 0 Å². The molecule has 0 fully saturated rings. The van der Waals surface area contributed by atoms with Gasteiger partial charge in [-0.25, -0.2) is 13.9 Å². The molecule has 0 saturated carbocycles. The number of hydrogen-bond acceptors (Lipinski definition) is 4. The Bertz CT molecular complexity index is 473. The first-order valence-electron chi connectivity index (χ1n) is 9.03. The maximum absolute atomic E-state index is 10.6. The topological polar surface area (TPSA) is 112 Å². The second-order valence-corrected chi connectivity index (χ2v) is 6.12. The number of carboxylic acid groups (broad SMARTS) is 1. The molecule has 0 unspecified atom stereocenters. The van der Waals surface area contributed by atoms with E-state index in [0.29, 0.717) is 0 Å². The van der Waals surface area contributed by atoms with Crippen LogP contribution in [0.4, 0.5) is 0 Å². The SMILES string of the molecule is CCCCCCCCCCCCn1cc[n+](CC(=O)O)c1.O=[N+]([O-])[O-]. The highest BCUT2D eigenvalue weighted by Crippen LogP contribution is 2.10. The molecule has 1 aromatic heterocycles. The van der Waals surface area contributed by atoms with Crippen LogP contribution in [0.3, 0.4) is 0 Å². The minimum Gasteiger partial charge on any atom is -0.478 e. The normalized spacial score (nSPS) is 10.1. The Morgan fingerprint density at radius 3 is 2.00 bits per heavy atom. The summed E-state index contributed by atoms with van der Waals surface area (Å²) in [6.07, 6.45) is 19.1. The van der Waals surface area contributed by atoms with Crippen molar-refractivity contribution in [1.82, 2.24) is 4.57 Å². The van der Waals surface area contributed by atoms with E-state index in [2.05, 4.69) is 11.5 Å². The molecule has 144 valence electrons. The zero-order chi connectivity index (χ0) is 18.9. The fourth-order valence-corrected chi connectivity index (χ4v) is 2.60. The van der Waals surface area contributed by atoms with Crippen molar-refractivity contribution in [2.24, 2.45) is 0 Å². The first-order valence-corrected chi connectivity index (χ1v) is 9.03. The largest absolute Gasteiger partial charge is 0.478 e. The second kappa shape index (κ2) is 15.4. The molecule has 8 heteroatoms. The monoisotopic (exact) mass is 357 g/mol. The Balaban J connectivity index is 0.00000129. The van der Waals surface area contributed by atoms with Gasteiger partial charge in [-0.1, -0.05) is 58.3 Å². The predicted octanol–water partition coefficient (Wildman–Crippen LogP) is 3.54. The van der Waals surface area contributed by atoms with Gasteiger partial charge in [0.15, 0.2) is 6.54 Å². The van der Waals surface area contributed by atoms with Crippen molar-refractivity contribution in [2.45, 2.75) is 84.2 Å². The molecule has 0 amide bonds. The molecular formula is C17H31N3O5. The Morgan fingerprint density at radius 2 is 1.52 bits per heavy atom. The Labute approximate surface area is 149 Å². The van der Waals surface area contributed by atoms with E-state index in [-0.39, 0.29) is 6.54 Å². The van der Waals surface area contributed by atoms with Crippen LogP contribution in [0.2, 0.25) is 0 Å². The fraction of sp³-hybridized carbons (Fsp3) is 0.765. The lowest BCUT2D eigenvalue weighted by molar-refractivity contribution is -0.685. The maximum atomic E-state index is 10.6. The summed E-state index contributed by atoms with van der Waals surface area (Å²) in [5.41, 5.74) is 0. The summed E-state index contributed by atoms with van der Waals surface area (Å²) in [5.74, 6) is -0.795. The number of aryl methyl sites for hydroxylation is 1. The lowest BCUT2D eigenvalue weighted by Crippen LogP contribution is -2.35. The Morgan fingerprint density at radius 1 is 1.04 bits per heavy atom. The average Bonchev–Trinajstić information content (AvgIpc) is 2.95. The number of hydrogen-bond donors (Lipinski definition) is 1. The van der Waals surface area contributed by atoms with Crippen molar-refractivity contribution in [3.05, 3.63) is 34.0 Å². The van der Waals surface area contributed by atoms with Crippen molar-refractivity contribution in [3.8, 4) is 0 Å².